The van der Waals surface area contributed by atoms with E-state index in [0.29, 0.717) is 6.04 Å². The van der Waals surface area contributed by atoms with Crippen molar-refractivity contribution in [2.75, 3.05) is 20.1 Å². The average Bonchev–Trinajstić information content (AvgIpc) is 2.12. The molecule has 0 aliphatic carbocycles. The minimum absolute atomic E-state index is 0. The lowest BCUT2D eigenvalue weighted by Gasteiger charge is -2.39. The van der Waals surface area contributed by atoms with Crippen molar-refractivity contribution in [3.63, 3.8) is 0 Å². The molecule has 1 aromatic rings. The van der Waals surface area contributed by atoms with Crippen LogP contribution >= 0.6 is 24.8 Å². The second kappa shape index (κ2) is 7.07. The van der Waals surface area contributed by atoms with E-state index >= 15 is 0 Å². The van der Waals surface area contributed by atoms with Crippen molar-refractivity contribution in [2.45, 2.75) is 12.6 Å². The molecule has 0 aromatic heterocycles. The van der Waals surface area contributed by atoms with Gasteiger partial charge in [-0.3, -0.25) is 4.90 Å². The minimum Gasteiger partial charge on any atom is -0.315 e. The lowest BCUT2D eigenvalue weighted by atomic mass is 10.1. The third kappa shape index (κ3) is 3.99. The first-order chi connectivity index (χ1) is 6.38. The van der Waals surface area contributed by atoms with Crippen LogP contribution < -0.4 is 5.32 Å². The van der Waals surface area contributed by atoms with Crippen LogP contribution in [-0.4, -0.2) is 31.1 Å². The first-order valence-corrected chi connectivity index (χ1v) is 4.82. The number of rotatable bonds is 3. The fraction of sp³-hybridized carbons (Fsp3) is 0.455. The van der Waals surface area contributed by atoms with Gasteiger partial charge in [0.1, 0.15) is 0 Å². The molecule has 1 aromatic carbocycles. The quantitative estimate of drug-likeness (QED) is 0.880. The molecule has 0 radical (unpaired) electrons. The zero-order valence-corrected chi connectivity index (χ0v) is 10.5. The van der Waals surface area contributed by atoms with E-state index in [4.69, 9.17) is 0 Å². The third-order valence-electron chi connectivity index (χ3n) is 2.61. The summed E-state index contributed by atoms with van der Waals surface area (Å²) >= 11 is 0. The van der Waals surface area contributed by atoms with Crippen molar-refractivity contribution >= 4 is 24.8 Å². The fourth-order valence-electron chi connectivity index (χ4n) is 1.72. The monoisotopic (exact) mass is 248 g/mol. The Hall–Kier alpha value is -0.280. The van der Waals surface area contributed by atoms with Crippen LogP contribution in [0.4, 0.5) is 0 Å². The van der Waals surface area contributed by atoms with Crippen LogP contribution in [0.5, 0.6) is 0 Å². The lowest BCUT2D eigenvalue weighted by Crippen LogP contribution is -2.56. The molecule has 0 amide bonds. The summed E-state index contributed by atoms with van der Waals surface area (Å²) in [4.78, 5) is 2.45. The Bertz CT molecular complexity index is 261. The molecule has 0 atom stereocenters. The van der Waals surface area contributed by atoms with E-state index in [0.717, 1.165) is 6.54 Å². The number of nitrogens with one attached hydrogen (secondary N) is 1. The van der Waals surface area contributed by atoms with Gasteiger partial charge >= 0.3 is 0 Å². The summed E-state index contributed by atoms with van der Waals surface area (Å²) < 4.78 is 0. The molecule has 15 heavy (non-hydrogen) atoms. The van der Waals surface area contributed by atoms with Crippen molar-refractivity contribution in [1.82, 2.24) is 10.2 Å². The summed E-state index contributed by atoms with van der Waals surface area (Å²) in [6.45, 7) is 3.47. The van der Waals surface area contributed by atoms with E-state index in [1.165, 1.54) is 18.7 Å². The van der Waals surface area contributed by atoms with Gasteiger partial charge < -0.3 is 5.32 Å². The summed E-state index contributed by atoms with van der Waals surface area (Å²) in [6.07, 6.45) is 0. The predicted octanol–water partition coefficient (Wildman–Crippen LogP) is 1.93. The summed E-state index contributed by atoms with van der Waals surface area (Å²) in [5, 5.41) is 3.28. The van der Waals surface area contributed by atoms with Gasteiger partial charge in [0.2, 0.25) is 0 Å². The molecule has 4 heteroatoms. The van der Waals surface area contributed by atoms with Crippen molar-refractivity contribution in [3.8, 4) is 0 Å². The van der Waals surface area contributed by atoms with E-state index < -0.39 is 0 Å². The molecule has 86 valence electrons. The zero-order valence-electron chi connectivity index (χ0n) is 8.85. The van der Waals surface area contributed by atoms with Crippen LogP contribution in [-0.2, 0) is 6.54 Å². The summed E-state index contributed by atoms with van der Waals surface area (Å²) in [7, 11) is 2.03. The molecule has 0 saturated carbocycles. The number of likely N-dealkylation sites (tertiary alicyclic amines) is 1. The highest BCUT2D eigenvalue weighted by Gasteiger charge is 2.24. The number of benzene rings is 1. The van der Waals surface area contributed by atoms with E-state index in [1.54, 1.807) is 0 Å². The van der Waals surface area contributed by atoms with E-state index in [1.807, 2.05) is 7.05 Å². The zero-order chi connectivity index (χ0) is 9.10. The van der Waals surface area contributed by atoms with Crippen molar-refractivity contribution in [3.05, 3.63) is 35.9 Å². The highest BCUT2D eigenvalue weighted by molar-refractivity contribution is 5.85. The smallest absolute Gasteiger partial charge is 0.0320 e. The first-order valence-electron chi connectivity index (χ1n) is 4.82. The van der Waals surface area contributed by atoms with Gasteiger partial charge in [0.15, 0.2) is 0 Å². The molecule has 0 spiro atoms. The van der Waals surface area contributed by atoms with E-state index in [9.17, 15) is 0 Å². The second-order valence-corrected chi connectivity index (χ2v) is 3.67. The third-order valence-corrected chi connectivity index (χ3v) is 2.61. The van der Waals surface area contributed by atoms with Gasteiger partial charge in [-0.1, -0.05) is 30.3 Å². The summed E-state index contributed by atoms with van der Waals surface area (Å²) in [6, 6.07) is 11.4. The molecule has 1 fully saturated rings. The fourth-order valence-corrected chi connectivity index (χ4v) is 1.72. The van der Waals surface area contributed by atoms with E-state index in [2.05, 4.69) is 40.5 Å². The van der Waals surface area contributed by atoms with Crippen molar-refractivity contribution in [1.29, 1.82) is 0 Å². The molecule has 1 aliphatic heterocycles. The highest BCUT2D eigenvalue weighted by Crippen LogP contribution is 2.12. The maximum Gasteiger partial charge on any atom is 0.0320 e. The normalized spacial score (nSPS) is 16.1. The largest absolute Gasteiger partial charge is 0.315 e. The van der Waals surface area contributed by atoms with Crippen LogP contribution in [0.25, 0.3) is 0 Å². The molecule has 2 rings (SSSR count). The first kappa shape index (κ1) is 14.7. The number of hydrogen-bond acceptors (Lipinski definition) is 2. The molecule has 1 aliphatic rings. The van der Waals surface area contributed by atoms with Crippen molar-refractivity contribution < 1.29 is 0 Å². The Kier molecular flexibility index (Phi) is 6.94. The van der Waals surface area contributed by atoms with Crippen LogP contribution in [0.1, 0.15) is 5.56 Å². The van der Waals surface area contributed by atoms with Gasteiger partial charge in [-0.2, -0.15) is 0 Å². The van der Waals surface area contributed by atoms with Crippen LogP contribution in [0.15, 0.2) is 30.3 Å². The number of nitrogens with zero attached hydrogens (tertiary/aromatic N) is 1. The molecule has 0 unspecified atom stereocenters. The topological polar surface area (TPSA) is 15.3 Å². The standard InChI is InChI=1S/C11H16N2.2ClH/c1-12-11-8-13(9-11)7-10-5-3-2-4-6-10;;/h2-6,11-12H,7-9H2,1H3;2*1H. The van der Waals surface area contributed by atoms with Crippen LogP contribution in [0.2, 0.25) is 0 Å². The second-order valence-electron chi connectivity index (χ2n) is 3.67. The number of hydrogen-bond donors (Lipinski definition) is 1. The van der Waals surface area contributed by atoms with Gasteiger partial charge in [-0.25, -0.2) is 0 Å². The van der Waals surface area contributed by atoms with Crippen LogP contribution in [0.3, 0.4) is 0 Å². The Morgan fingerprint density at radius 3 is 2.33 bits per heavy atom. The number of halogens is 2. The Morgan fingerprint density at radius 1 is 1.20 bits per heavy atom. The number of likely N-dealkylation sites (N-methyl/N-ethyl adjacent to an activating group) is 1. The molecule has 1 N–H and O–H groups in total. The lowest BCUT2D eigenvalue weighted by molar-refractivity contribution is 0.124. The van der Waals surface area contributed by atoms with Gasteiger partial charge in [0, 0.05) is 25.7 Å². The summed E-state index contributed by atoms with van der Waals surface area (Å²) in [5.41, 5.74) is 1.41. The van der Waals surface area contributed by atoms with E-state index in [-0.39, 0.29) is 24.8 Å². The molecule has 1 saturated heterocycles. The summed E-state index contributed by atoms with van der Waals surface area (Å²) in [5.74, 6) is 0. The SMILES string of the molecule is CNC1CN(Cc2ccccc2)C1.Cl.Cl. The maximum atomic E-state index is 3.28. The molecular formula is C11H18Cl2N2. The Morgan fingerprint density at radius 2 is 1.80 bits per heavy atom. The minimum atomic E-state index is 0. The van der Waals surface area contributed by atoms with Gasteiger partial charge in [-0.05, 0) is 12.6 Å². The van der Waals surface area contributed by atoms with Crippen molar-refractivity contribution in [2.24, 2.45) is 0 Å². The van der Waals surface area contributed by atoms with Gasteiger partial charge in [0.25, 0.3) is 0 Å². The van der Waals surface area contributed by atoms with Gasteiger partial charge in [-0.15, -0.1) is 24.8 Å². The average molecular weight is 249 g/mol. The highest BCUT2D eigenvalue weighted by atomic mass is 35.5. The molecule has 2 nitrogen and oxygen atoms in total. The predicted molar refractivity (Wildman–Crippen MR) is 69.1 cm³/mol. The molecular weight excluding hydrogens is 231 g/mol. The Labute approximate surface area is 104 Å². The van der Waals surface area contributed by atoms with Crippen LogP contribution in [0, 0.1) is 0 Å². The van der Waals surface area contributed by atoms with Gasteiger partial charge in [0.05, 0.1) is 0 Å². The molecule has 0 bridgehead atoms. The Balaban J connectivity index is 0.000000980. The maximum absolute atomic E-state index is 3.28. The molecule has 1 heterocycles.